The monoisotopic (exact) mass is 337 g/mol. The summed E-state index contributed by atoms with van der Waals surface area (Å²) in [5.74, 6) is 0. The van der Waals surface area contributed by atoms with Crippen LogP contribution in [0, 0.1) is 0 Å². The van der Waals surface area contributed by atoms with Gasteiger partial charge >= 0.3 is 0 Å². The van der Waals surface area contributed by atoms with E-state index >= 15 is 0 Å². The van der Waals surface area contributed by atoms with Crippen LogP contribution >= 0.6 is 23.2 Å². The highest BCUT2D eigenvalue weighted by Gasteiger charge is 2.28. The van der Waals surface area contributed by atoms with Crippen LogP contribution in [0.15, 0.2) is 18.2 Å². The molecule has 0 spiro atoms. The van der Waals surface area contributed by atoms with Gasteiger partial charge in [0.25, 0.3) is 10.2 Å². The molecule has 0 radical (unpaired) electrons. The lowest BCUT2D eigenvalue weighted by Crippen LogP contribution is -2.50. The number of piperazine rings is 1. The third-order valence-corrected chi connectivity index (χ3v) is 5.49. The summed E-state index contributed by atoms with van der Waals surface area (Å²) < 4.78 is 27.6. The summed E-state index contributed by atoms with van der Waals surface area (Å²) in [5, 5.41) is 4.13. The third-order valence-electron chi connectivity index (χ3n) is 3.12. The average Bonchev–Trinajstić information content (AvgIpc) is 2.38. The molecule has 0 aliphatic carbocycles. The predicted molar refractivity (Wildman–Crippen MR) is 81.3 cm³/mol. The minimum atomic E-state index is -3.45. The van der Waals surface area contributed by atoms with Crippen LogP contribution in [0.5, 0.6) is 0 Å². The molecule has 0 aromatic heterocycles. The van der Waals surface area contributed by atoms with E-state index < -0.39 is 10.2 Å². The van der Waals surface area contributed by atoms with Crippen molar-refractivity contribution in [3.05, 3.63) is 33.8 Å². The van der Waals surface area contributed by atoms with Gasteiger partial charge in [0.05, 0.1) is 0 Å². The third kappa shape index (κ3) is 3.84. The van der Waals surface area contributed by atoms with Crippen molar-refractivity contribution in [1.29, 1.82) is 0 Å². The lowest BCUT2D eigenvalue weighted by molar-refractivity contribution is 0.324. The summed E-state index contributed by atoms with van der Waals surface area (Å²) in [5.41, 5.74) is 0.767. The lowest BCUT2D eigenvalue weighted by Gasteiger charge is -2.30. The van der Waals surface area contributed by atoms with Crippen molar-refractivity contribution >= 4 is 33.4 Å². The predicted octanol–water partition coefficient (Wildman–Crippen LogP) is 1.58. The molecular formula is C12H17Cl2N3O2S. The first kappa shape index (κ1) is 16.0. The fourth-order valence-electron chi connectivity index (χ4n) is 2.11. The van der Waals surface area contributed by atoms with Gasteiger partial charge in [0.15, 0.2) is 0 Å². The topological polar surface area (TPSA) is 52.7 Å². The second-order valence-electron chi connectivity index (χ2n) is 4.69. The molecule has 1 heterocycles. The Morgan fingerprint density at radius 2 is 1.75 bits per heavy atom. The number of nitrogens with one attached hydrogen (secondary N) is 1. The Hall–Kier alpha value is -0.370. The molecule has 20 heavy (non-hydrogen) atoms. The van der Waals surface area contributed by atoms with Crippen LogP contribution in [0.25, 0.3) is 0 Å². The van der Waals surface area contributed by atoms with Gasteiger partial charge in [-0.15, -0.1) is 0 Å². The number of rotatable bonds is 4. The van der Waals surface area contributed by atoms with Crippen LogP contribution in [0.4, 0.5) is 0 Å². The molecule has 0 bridgehead atoms. The summed E-state index contributed by atoms with van der Waals surface area (Å²) in [4.78, 5) is 0. The Morgan fingerprint density at radius 1 is 1.20 bits per heavy atom. The number of hydrogen-bond acceptors (Lipinski definition) is 3. The van der Waals surface area contributed by atoms with Crippen molar-refractivity contribution in [2.75, 3.05) is 33.2 Å². The molecule has 0 amide bonds. The highest BCUT2D eigenvalue weighted by Crippen LogP contribution is 2.21. The van der Waals surface area contributed by atoms with E-state index in [0.717, 1.165) is 5.56 Å². The molecule has 1 N–H and O–H groups in total. The maximum absolute atomic E-state index is 12.4. The first-order valence-corrected chi connectivity index (χ1v) is 8.42. The van der Waals surface area contributed by atoms with Gasteiger partial charge < -0.3 is 5.32 Å². The second-order valence-corrected chi connectivity index (χ2v) is 7.60. The van der Waals surface area contributed by atoms with E-state index in [4.69, 9.17) is 23.2 Å². The number of hydrogen-bond donors (Lipinski definition) is 1. The summed E-state index contributed by atoms with van der Waals surface area (Å²) in [7, 11) is -1.88. The molecular weight excluding hydrogens is 321 g/mol. The minimum absolute atomic E-state index is 0.243. The molecule has 0 saturated carbocycles. The molecule has 1 aromatic rings. The number of halogens is 2. The molecule has 0 atom stereocenters. The van der Waals surface area contributed by atoms with E-state index in [-0.39, 0.29) is 6.54 Å². The fraction of sp³-hybridized carbons (Fsp3) is 0.500. The van der Waals surface area contributed by atoms with Gasteiger partial charge in [-0.25, -0.2) is 0 Å². The molecule has 0 unspecified atom stereocenters. The van der Waals surface area contributed by atoms with Gasteiger partial charge in [-0.2, -0.15) is 17.0 Å². The van der Waals surface area contributed by atoms with Crippen molar-refractivity contribution in [1.82, 2.24) is 13.9 Å². The summed E-state index contributed by atoms with van der Waals surface area (Å²) in [6, 6.07) is 5.06. The zero-order chi connectivity index (χ0) is 14.8. The Morgan fingerprint density at radius 3 is 2.30 bits per heavy atom. The first-order chi connectivity index (χ1) is 9.39. The van der Waals surface area contributed by atoms with Gasteiger partial charge in [0, 0.05) is 49.8 Å². The van der Waals surface area contributed by atoms with Crippen LogP contribution in [-0.4, -0.2) is 50.3 Å². The fourth-order valence-corrected chi connectivity index (χ4v) is 4.03. The molecule has 1 fully saturated rings. The van der Waals surface area contributed by atoms with Gasteiger partial charge in [0.1, 0.15) is 0 Å². The van der Waals surface area contributed by atoms with Crippen molar-refractivity contribution < 1.29 is 8.42 Å². The van der Waals surface area contributed by atoms with Gasteiger partial charge in [-0.3, -0.25) is 0 Å². The highest BCUT2D eigenvalue weighted by atomic mass is 35.5. The highest BCUT2D eigenvalue weighted by molar-refractivity contribution is 7.86. The largest absolute Gasteiger partial charge is 0.314 e. The van der Waals surface area contributed by atoms with Crippen molar-refractivity contribution in [2.24, 2.45) is 0 Å². The van der Waals surface area contributed by atoms with Crippen LogP contribution in [0.3, 0.4) is 0 Å². The number of nitrogens with zero attached hydrogens (tertiary/aromatic N) is 2. The van der Waals surface area contributed by atoms with E-state index in [0.29, 0.717) is 36.2 Å². The van der Waals surface area contributed by atoms with Crippen LogP contribution in [0.2, 0.25) is 10.0 Å². The Bertz CT molecular complexity index is 554. The second kappa shape index (κ2) is 6.60. The van der Waals surface area contributed by atoms with E-state index in [1.807, 2.05) is 0 Å². The molecule has 5 nitrogen and oxygen atoms in total. The Balaban J connectivity index is 2.11. The maximum atomic E-state index is 12.4. The van der Waals surface area contributed by atoms with Crippen LogP contribution < -0.4 is 5.32 Å². The van der Waals surface area contributed by atoms with Crippen molar-refractivity contribution in [3.8, 4) is 0 Å². The van der Waals surface area contributed by atoms with E-state index in [9.17, 15) is 8.42 Å². The smallest absolute Gasteiger partial charge is 0.282 e. The number of benzene rings is 1. The quantitative estimate of drug-likeness (QED) is 0.907. The normalized spacial score (nSPS) is 17.6. The zero-order valence-corrected chi connectivity index (χ0v) is 13.5. The molecule has 112 valence electrons. The molecule has 1 aliphatic rings. The van der Waals surface area contributed by atoms with Crippen LogP contribution in [-0.2, 0) is 16.8 Å². The van der Waals surface area contributed by atoms with Crippen molar-refractivity contribution in [3.63, 3.8) is 0 Å². The summed E-state index contributed by atoms with van der Waals surface area (Å²) >= 11 is 11.9. The maximum Gasteiger partial charge on any atom is 0.282 e. The zero-order valence-electron chi connectivity index (χ0n) is 11.1. The molecule has 1 aromatic carbocycles. The van der Waals surface area contributed by atoms with E-state index in [2.05, 4.69) is 5.32 Å². The van der Waals surface area contributed by atoms with Crippen molar-refractivity contribution in [2.45, 2.75) is 6.54 Å². The molecule has 8 heteroatoms. The Labute approximate surface area is 129 Å². The van der Waals surface area contributed by atoms with Gasteiger partial charge in [0.2, 0.25) is 0 Å². The summed E-state index contributed by atoms with van der Waals surface area (Å²) in [6.45, 7) is 2.57. The standard InChI is InChI=1S/C12H17Cl2N3O2S/c1-16(9-10-6-11(13)8-12(14)7-10)20(18,19)17-4-2-15-3-5-17/h6-8,15H,2-5,9H2,1H3. The SMILES string of the molecule is CN(Cc1cc(Cl)cc(Cl)c1)S(=O)(=O)N1CCNCC1. The molecule has 1 saturated heterocycles. The van der Waals surface area contributed by atoms with Gasteiger partial charge in [-0.1, -0.05) is 23.2 Å². The van der Waals surface area contributed by atoms with E-state index in [1.165, 1.54) is 8.61 Å². The molecule has 2 rings (SSSR count). The lowest BCUT2D eigenvalue weighted by atomic mass is 10.2. The Kier molecular flexibility index (Phi) is 5.28. The van der Waals surface area contributed by atoms with Crippen LogP contribution in [0.1, 0.15) is 5.56 Å². The van der Waals surface area contributed by atoms with Gasteiger partial charge in [-0.05, 0) is 23.8 Å². The average molecular weight is 338 g/mol. The first-order valence-electron chi connectivity index (χ1n) is 6.27. The minimum Gasteiger partial charge on any atom is -0.314 e. The molecule has 1 aliphatic heterocycles. The van der Waals surface area contributed by atoms with E-state index in [1.54, 1.807) is 25.2 Å². The summed E-state index contributed by atoms with van der Waals surface area (Å²) in [6.07, 6.45) is 0.